The van der Waals surface area contributed by atoms with Crippen molar-refractivity contribution in [3.05, 3.63) is 35.5 Å². The molecule has 0 N–H and O–H groups in total. The molecule has 6 heterocycles. The van der Waals surface area contributed by atoms with Crippen molar-refractivity contribution in [2.75, 3.05) is 51.5 Å². The fraction of sp³-hybridized carbons (Fsp3) is 0.593. The number of fused-ring (bicyclic) bond motifs is 3. The van der Waals surface area contributed by atoms with Crippen LogP contribution >= 0.6 is 27.0 Å². The number of morpholine rings is 1. The summed E-state index contributed by atoms with van der Waals surface area (Å²) >= 11 is 0. The van der Waals surface area contributed by atoms with Gasteiger partial charge < -0.3 is 19.1 Å². The van der Waals surface area contributed by atoms with Gasteiger partial charge in [-0.1, -0.05) is 0 Å². The lowest BCUT2D eigenvalue weighted by Gasteiger charge is -2.36. The van der Waals surface area contributed by atoms with Crippen LogP contribution in [0.15, 0.2) is 24.4 Å². The first-order valence-corrected chi connectivity index (χ1v) is 13.3. The molecule has 0 radical (unpaired) electrons. The van der Waals surface area contributed by atoms with Crippen molar-refractivity contribution < 1.29 is 14.2 Å². The van der Waals surface area contributed by atoms with Gasteiger partial charge in [0.25, 0.3) is 0 Å². The van der Waals surface area contributed by atoms with Crippen LogP contribution in [-0.4, -0.2) is 89.4 Å². The Morgan fingerprint density at radius 1 is 0.974 bits per heavy atom. The molecular weight excluding hydrogens is 520 g/mol. The number of ether oxygens (including phenoxy) is 3. The van der Waals surface area contributed by atoms with Gasteiger partial charge in [-0.25, -0.2) is 4.68 Å². The lowest BCUT2D eigenvalue weighted by atomic mass is 9.86. The lowest BCUT2D eigenvalue weighted by molar-refractivity contribution is 0.0988. The molecule has 206 valence electrons. The SMILES string of the molecule is COc1nc(N2CC3CC2CO3)cc(-n2ncc3cc(C)c(C4CCN(C5CCOC5)CC4)cc32)n1.S.S. The maximum Gasteiger partial charge on any atom is 0.320 e. The molecule has 3 atom stereocenters. The summed E-state index contributed by atoms with van der Waals surface area (Å²) in [4.78, 5) is 14.3. The highest BCUT2D eigenvalue weighted by Gasteiger charge is 2.40. The molecule has 0 spiro atoms. The number of aromatic nitrogens is 4. The predicted molar refractivity (Wildman–Crippen MR) is 157 cm³/mol. The van der Waals surface area contributed by atoms with Crippen LogP contribution in [-0.2, 0) is 9.47 Å². The monoisotopic (exact) mass is 558 g/mol. The number of nitrogens with zero attached hydrogens (tertiary/aromatic N) is 6. The van der Waals surface area contributed by atoms with Gasteiger partial charge in [0, 0.05) is 30.6 Å². The molecule has 2 bridgehead atoms. The molecule has 9 nitrogen and oxygen atoms in total. The third kappa shape index (κ3) is 4.88. The summed E-state index contributed by atoms with van der Waals surface area (Å²) in [5, 5.41) is 5.88. The lowest BCUT2D eigenvalue weighted by Crippen LogP contribution is -2.41. The molecule has 1 aromatic carbocycles. The van der Waals surface area contributed by atoms with E-state index in [-0.39, 0.29) is 27.0 Å². The molecule has 4 aliphatic heterocycles. The Hall–Kier alpha value is -2.05. The first kappa shape index (κ1) is 27.5. The Balaban J connectivity index is 0.00000147. The smallest absolute Gasteiger partial charge is 0.320 e. The van der Waals surface area contributed by atoms with E-state index in [9.17, 15) is 0 Å². The first-order valence-electron chi connectivity index (χ1n) is 13.3. The average Bonchev–Trinajstić information content (AvgIpc) is 3.73. The summed E-state index contributed by atoms with van der Waals surface area (Å²) in [5.41, 5.74) is 3.86. The van der Waals surface area contributed by atoms with Crippen molar-refractivity contribution in [2.24, 2.45) is 0 Å². The Bertz CT molecular complexity index is 1280. The molecule has 3 unspecified atom stereocenters. The summed E-state index contributed by atoms with van der Waals surface area (Å²) in [7, 11) is 1.62. The minimum Gasteiger partial charge on any atom is -0.467 e. The highest BCUT2D eigenvalue weighted by molar-refractivity contribution is 7.59. The van der Waals surface area contributed by atoms with E-state index < -0.39 is 0 Å². The topological polar surface area (TPSA) is 77.8 Å². The van der Waals surface area contributed by atoms with Crippen LogP contribution < -0.4 is 9.64 Å². The maximum atomic E-state index is 5.79. The van der Waals surface area contributed by atoms with E-state index in [0.717, 1.165) is 68.4 Å². The minimum atomic E-state index is 0. The van der Waals surface area contributed by atoms with Crippen molar-refractivity contribution in [2.45, 2.75) is 56.7 Å². The van der Waals surface area contributed by atoms with Crippen LogP contribution in [0.1, 0.15) is 42.7 Å². The van der Waals surface area contributed by atoms with E-state index in [4.69, 9.17) is 19.3 Å². The van der Waals surface area contributed by atoms with Crippen LogP contribution in [0.2, 0.25) is 0 Å². The number of piperidine rings is 1. The van der Waals surface area contributed by atoms with Gasteiger partial charge in [-0.15, -0.1) is 0 Å². The van der Waals surface area contributed by atoms with Crippen molar-refractivity contribution in [3.8, 4) is 11.8 Å². The van der Waals surface area contributed by atoms with Gasteiger partial charge in [0.1, 0.15) is 5.82 Å². The zero-order valence-electron chi connectivity index (χ0n) is 22.1. The van der Waals surface area contributed by atoms with Gasteiger partial charge in [-0.2, -0.15) is 42.1 Å². The number of aryl methyl sites for hydroxylation is 1. The number of methoxy groups -OCH3 is 1. The number of benzene rings is 1. The number of rotatable bonds is 5. The van der Waals surface area contributed by atoms with E-state index in [2.05, 4.69) is 38.8 Å². The minimum absolute atomic E-state index is 0. The fourth-order valence-corrected chi connectivity index (χ4v) is 6.64. The second-order valence-corrected chi connectivity index (χ2v) is 10.7. The molecule has 0 aliphatic carbocycles. The maximum absolute atomic E-state index is 5.79. The zero-order chi connectivity index (χ0) is 24.2. The summed E-state index contributed by atoms with van der Waals surface area (Å²) in [5.74, 6) is 2.18. The molecule has 7 rings (SSSR count). The van der Waals surface area contributed by atoms with E-state index in [1.165, 1.54) is 30.4 Å². The highest BCUT2D eigenvalue weighted by Crippen LogP contribution is 2.36. The van der Waals surface area contributed by atoms with Gasteiger partial charge in [-0.3, -0.25) is 4.90 Å². The van der Waals surface area contributed by atoms with E-state index in [1.54, 1.807) is 7.11 Å². The van der Waals surface area contributed by atoms with Crippen molar-refractivity contribution >= 4 is 43.7 Å². The summed E-state index contributed by atoms with van der Waals surface area (Å²) < 4.78 is 18.9. The van der Waals surface area contributed by atoms with Crippen molar-refractivity contribution in [3.63, 3.8) is 0 Å². The second kappa shape index (κ2) is 11.2. The van der Waals surface area contributed by atoms with E-state index >= 15 is 0 Å². The Morgan fingerprint density at radius 2 is 1.79 bits per heavy atom. The first-order chi connectivity index (χ1) is 17.7. The van der Waals surface area contributed by atoms with E-state index in [1.807, 2.05) is 16.9 Å². The standard InChI is InChI=1S/C27H34N6O3.2H2S/c1-17-9-19-13-28-33(24(19)11-23(17)18-3-6-31(7-4-18)20-5-8-35-15-20)26-12-25(29-27(30-26)34-2)32-14-22-10-21(32)16-36-22;;/h9,11-13,18,20-22H,3-8,10,14-16H2,1-2H3;2*1H2. The molecule has 0 amide bonds. The summed E-state index contributed by atoms with van der Waals surface area (Å²) in [6.07, 6.45) is 6.83. The highest BCUT2D eigenvalue weighted by atomic mass is 32.1. The molecule has 2 aromatic heterocycles. The summed E-state index contributed by atoms with van der Waals surface area (Å²) in [6.45, 7) is 7.94. The van der Waals surface area contributed by atoms with Gasteiger partial charge in [0.15, 0.2) is 5.82 Å². The molecule has 3 aromatic rings. The molecule has 11 heteroatoms. The second-order valence-electron chi connectivity index (χ2n) is 10.7. The quantitative estimate of drug-likeness (QED) is 0.472. The molecule has 4 saturated heterocycles. The largest absolute Gasteiger partial charge is 0.467 e. The number of hydrogen-bond donors (Lipinski definition) is 0. The number of anilines is 1. The number of likely N-dealkylation sites (tertiary alicyclic amines) is 1. The molecule has 0 saturated carbocycles. The zero-order valence-corrected chi connectivity index (χ0v) is 24.1. The number of hydrogen-bond acceptors (Lipinski definition) is 8. The van der Waals surface area contributed by atoms with Gasteiger partial charge in [-0.05, 0) is 74.9 Å². The molecular formula is C27H38N6O3S2. The van der Waals surface area contributed by atoms with Gasteiger partial charge >= 0.3 is 6.01 Å². The Kier molecular flexibility index (Phi) is 8.12. The van der Waals surface area contributed by atoms with E-state index in [0.29, 0.717) is 30.1 Å². The Labute approximate surface area is 237 Å². The average molecular weight is 559 g/mol. The molecule has 4 fully saturated rings. The van der Waals surface area contributed by atoms with Crippen LogP contribution in [0.3, 0.4) is 0 Å². The normalized spacial score (nSPS) is 25.5. The van der Waals surface area contributed by atoms with Gasteiger partial charge in [0.2, 0.25) is 0 Å². The Morgan fingerprint density at radius 3 is 2.47 bits per heavy atom. The van der Waals surface area contributed by atoms with Gasteiger partial charge in [0.05, 0.1) is 44.2 Å². The van der Waals surface area contributed by atoms with Crippen molar-refractivity contribution in [1.82, 2.24) is 24.6 Å². The van der Waals surface area contributed by atoms with Crippen LogP contribution in [0.4, 0.5) is 5.82 Å². The van der Waals surface area contributed by atoms with Crippen molar-refractivity contribution in [1.29, 1.82) is 0 Å². The predicted octanol–water partition coefficient (Wildman–Crippen LogP) is 3.30. The van der Waals surface area contributed by atoms with Crippen LogP contribution in [0, 0.1) is 6.92 Å². The third-order valence-corrected chi connectivity index (χ3v) is 8.62. The molecule has 4 aliphatic rings. The summed E-state index contributed by atoms with van der Waals surface area (Å²) in [6, 6.07) is 8.00. The molecule has 38 heavy (non-hydrogen) atoms. The van der Waals surface area contributed by atoms with Crippen LogP contribution in [0.5, 0.6) is 6.01 Å². The third-order valence-electron chi connectivity index (χ3n) is 8.62. The van der Waals surface area contributed by atoms with Crippen LogP contribution in [0.25, 0.3) is 16.7 Å². The fourth-order valence-electron chi connectivity index (χ4n) is 6.64.